The molecule has 3 unspecified atom stereocenters. The van der Waals surface area contributed by atoms with Gasteiger partial charge in [0.15, 0.2) is 11.2 Å². The zero-order chi connectivity index (χ0) is 25.9. The number of Topliss-reactive ketones (excluding diaryl/α,β-unsaturated/α-hetero) is 1. The molecule has 3 heterocycles. The van der Waals surface area contributed by atoms with E-state index >= 15 is 0 Å². The van der Waals surface area contributed by atoms with E-state index in [0.29, 0.717) is 25.2 Å². The molecule has 0 amide bonds. The summed E-state index contributed by atoms with van der Waals surface area (Å²) < 4.78 is 53.8. The van der Waals surface area contributed by atoms with Crippen molar-refractivity contribution in [1.29, 1.82) is 0 Å². The Bertz CT molecular complexity index is 1580. The standard InChI is InChI=1S/C25H20O11S/c26-17-11-5-10-6-12(17)9-25(7-10,8-11)24(29)36-21-19-15(16-18(34-19)20(21)35-23(16)28)22(27)33-13-1-3-14(4-2-13)37(30,31)32/h1-4,10-12,23,28H,5-9H2,(H,30,31,32). The number of carbonyl (C=O) groups excluding carboxylic acids is 3. The number of fused-ring (bicyclic) bond motifs is 1. The average Bonchev–Trinajstić information content (AvgIpc) is 3.45. The van der Waals surface area contributed by atoms with Gasteiger partial charge in [0.05, 0.1) is 15.9 Å². The first kappa shape index (κ1) is 22.7. The lowest BCUT2D eigenvalue weighted by Gasteiger charge is -2.53. The molecule has 4 saturated carbocycles. The molecule has 2 aromatic heterocycles. The van der Waals surface area contributed by atoms with Gasteiger partial charge in [0, 0.05) is 11.8 Å². The third-order valence-electron chi connectivity index (χ3n) is 8.20. The smallest absolute Gasteiger partial charge is 0.348 e. The van der Waals surface area contributed by atoms with E-state index in [2.05, 4.69) is 0 Å². The number of rotatable bonds is 5. The molecule has 4 fully saturated rings. The van der Waals surface area contributed by atoms with Crippen LogP contribution in [-0.4, -0.2) is 35.8 Å². The van der Waals surface area contributed by atoms with E-state index in [1.165, 1.54) is 12.1 Å². The number of furan rings is 2. The molecule has 11 nitrogen and oxygen atoms in total. The molecule has 8 rings (SSSR count). The van der Waals surface area contributed by atoms with Crippen molar-refractivity contribution in [1.82, 2.24) is 0 Å². The first-order valence-electron chi connectivity index (χ1n) is 11.9. The van der Waals surface area contributed by atoms with Gasteiger partial charge in [-0.3, -0.25) is 14.1 Å². The van der Waals surface area contributed by atoms with Gasteiger partial charge in [0.1, 0.15) is 17.1 Å². The molecule has 1 aromatic carbocycles. The van der Waals surface area contributed by atoms with Gasteiger partial charge in [-0.2, -0.15) is 8.42 Å². The van der Waals surface area contributed by atoms with E-state index < -0.39 is 33.8 Å². The fraction of sp³-hybridized carbons (Fsp3) is 0.400. The van der Waals surface area contributed by atoms with Gasteiger partial charge in [-0.15, -0.1) is 0 Å². The van der Waals surface area contributed by atoms with Crippen molar-refractivity contribution >= 4 is 39.0 Å². The maximum Gasteiger partial charge on any atom is 0.348 e. The normalized spacial score (nSPS) is 29.6. The summed E-state index contributed by atoms with van der Waals surface area (Å²) in [5, 5.41) is 10.4. The Morgan fingerprint density at radius 1 is 1.00 bits per heavy atom. The molecule has 0 spiro atoms. The quantitative estimate of drug-likeness (QED) is 0.284. The van der Waals surface area contributed by atoms with Gasteiger partial charge in [0.25, 0.3) is 10.1 Å². The predicted octanol–water partition coefficient (Wildman–Crippen LogP) is 3.02. The second-order valence-electron chi connectivity index (χ2n) is 10.4. The molecule has 2 N–H and O–H groups in total. The van der Waals surface area contributed by atoms with Crippen molar-refractivity contribution < 1.29 is 51.1 Å². The molecule has 4 aliphatic carbocycles. The van der Waals surface area contributed by atoms with Crippen molar-refractivity contribution in [3.8, 4) is 17.2 Å². The molecule has 3 atom stereocenters. The minimum absolute atomic E-state index is 0.0284. The Morgan fingerprint density at radius 2 is 1.68 bits per heavy atom. The molecule has 6 bridgehead atoms. The fourth-order valence-corrected chi connectivity index (χ4v) is 7.30. The van der Waals surface area contributed by atoms with Gasteiger partial charge in [-0.25, -0.2) is 4.79 Å². The van der Waals surface area contributed by atoms with Crippen LogP contribution < -0.4 is 14.2 Å². The maximum absolute atomic E-state index is 13.5. The van der Waals surface area contributed by atoms with Gasteiger partial charge in [0.2, 0.25) is 17.8 Å². The van der Waals surface area contributed by atoms with Crippen molar-refractivity contribution in [3.05, 3.63) is 35.4 Å². The summed E-state index contributed by atoms with van der Waals surface area (Å²) in [6.45, 7) is 0. The second kappa shape index (κ2) is 7.30. The first-order chi connectivity index (χ1) is 17.5. The van der Waals surface area contributed by atoms with E-state index in [0.717, 1.165) is 25.0 Å². The summed E-state index contributed by atoms with van der Waals surface area (Å²) in [4.78, 5) is 38.7. The molecule has 0 saturated heterocycles. The Hall–Kier alpha value is -3.48. The molecular formula is C25H20O11S. The highest BCUT2D eigenvalue weighted by Crippen LogP contribution is 2.60. The topological polar surface area (TPSA) is 167 Å². The number of ether oxygens (including phenoxy) is 3. The van der Waals surface area contributed by atoms with Gasteiger partial charge in [-0.1, -0.05) is 0 Å². The molecule has 5 aliphatic rings. The van der Waals surface area contributed by atoms with Crippen LogP contribution >= 0.6 is 0 Å². The van der Waals surface area contributed by atoms with E-state index in [1.54, 1.807) is 0 Å². The summed E-state index contributed by atoms with van der Waals surface area (Å²) in [7, 11) is -4.42. The number of aliphatic hydroxyl groups excluding tert-OH is 1. The van der Waals surface area contributed by atoms with Crippen LogP contribution in [0.15, 0.2) is 33.6 Å². The average molecular weight is 528 g/mol. The largest absolute Gasteiger partial charge is 0.453 e. The van der Waals surface area contributed by atoms with E-state index in [1.807, 2.05) is 0 Å². The van der Waals surface area contributed by atoms with Crippen LogP contribution in [0.4, 0.5) is 0 Å². The number of hydrogen-bond acceptors (Lipinski definition) is 10. The lowest BCUT2D eigenvalue weighted by Crippen LogP contribution is -2.55. The van der Waals surface area contributed by atoms with Crippen LogP contribution in [0, 0.1) is 23.2 Å². The fourth-order valence-electron chi connectivity index (χ4n) is 6.82. The highest BCUT2D eigenvalue weighted by Gasteiger charge is 2.59. The van der Waals surface area contributed by atoms with Crippen LogP contribution in [-0.2, 0) is 19.7 Å². The Labute approximate surface area is 209 Å². The van der Waals surface area contributed by atoms with Gasteiger partial charge in [-0.05, 0) is 62.3 Å². The van der Waals surface area contributed by atoms with Crippen molar-refractivity contribution in [2.75, 3.05) is 0 Å². The Kier molecular flexibility index (Phi) is 4.48. The number of carbonyl (C=O) groups is 3. The summed E-state index contributed by atoms with van der Waals surface area (Å²) in [5.41, 5.74) is -0.953. The number of ketones is 1. The number of aliphatic hydroxyl groups is 1. The zero-order valence-electron chi connectivity index (χ0n) is 19.1. The molecule has 12 heteroatoms. The van der Waals surface area contributed by atoms with Crippen LogP contribution in [0.2, 0.25) is 0 Å². The van der Waals surface area contributed by atoms with E-state index in [4.69, 9.17) is 23.2 Å². The zero-order valence-corrected chi connectivity index (χ0v) is 19.9. The summed E-state index contributed by atoms with van der Waals surface area (Å²) in [5.74, 6) is -1.31. The molecule has 0 radical (unpaired) electrons. The Balaban J connectivity index is 1.19. The van der Waals surface area contributed by atoms with Crippen molar-refractivity contribution in [2.24, 2.45) is 23.2 Å². The lowest BCUT2D eigenvalue weighted by molar-refractivity contribution is -0.167. The molecule has 1 aliphatic heterocycles. The monoisotopic (exact) mass is 528 g/mol. The van der Waals surface area contributed by atoms with Crippen LogP contribution in [0.1, 0.15) is 54.3 Å². The molecular weight excluding hydrogens is 508 g/mol. The van der Waals surface area contributed by atoms with Gasteiger partial charge >= 0.3 is 11.9 Å². The lowest BCUT2D eigenvalue weighted by atomic mass is 9.49. The highest BCUT2D eigenvalue weighted by molar-refractivity contribution is 7.85. The summed E-state index contributed by atoms with van der Waals surface area (Å²) >= 11 is 0. The Morgan fingerprint density at radius 3 is 2.32 bits per heavy atom. The second-order valence-corrected chi connectivity index (χ2v) is 11.9. The number of esters is 2. The SMILES string of the molecule is O=C(Oc1ccc(S(=O)(=O)O)cc1)c1c2c3oc1c(OC(=O)C14CC5CC(C1)C(=O)C(C5)C4)c3OC2O. The number of hydrogen-bond donors (Lipinski definition) is 2. The van der Waals surface area contributed by atoms with Crippen molar-refractivity contribution in [2.45, 2.75) is 43.3 Å². The maximum atomic E-state index is 13.5. The summed E-state index contributed by atoms with van der Waals surface area (Å²) in [6, 6.07) is 4.47. The minimum atomic E-state index is -4.42. The summed E-state index contributed by atoms with van der Waals surface area (Å²) in [6.07, 6.45) is 1.58. The third-order valence-corrected chi connectivity index (χ3v) is 9.07. The van der Waals surface area contributed by atoms with Crippen LogP contribution in [0.25, 0.3) is 11.2 Å². The molecule has 192 valence electrons. The molecule has 37 heavy (non-hydrogen) atoms. The first-order valence-corrected chi connectivity index (χ1v) is 13.3. The number of benzene rings is 2. The predicted molar refractivity (Wildman–Crippen MR) is 121 cm³/mol. The van der Waals surface area contributed by atoms with Crippen molar-refractivity contribution in [3.63, 3.8) is 0 Å². The van der Waals surface area contributed by atoms with E-state index in [-0.39, 0.29) is 62.1 Å². The van der Waals surface area contributed by atoms with E-state index in [9.17, 15) is 27.9 Å². The van der Waals surface area contributed by atoms with Crippen LogP contribution in [0.3, 0.4) is 0 Å². The van der Waals surface area contributed by atoms with Crippen LogP contribution in [0.5, 0.6) is 17.2 Å². The third kappa shape index (κ3) is 3.19. The highest BCUT2D eigenvalue weighted by atomic mass is 32.2. The molecule has 3 aromatic rings. The minimum Gasteiger partial charge on any atom is -0.453 e. The van der Waals surface area contributed by atoms with Gasteiger partial charge < -0.3 is 23.7 Å².